The van der Waals surface area contributed by atoms with Crippen LogP contribution in [0.15, 0.2) is 30.9 Å². The lowest BCUT2D eigenvalue weighted by Crippen LogP contribution is -1.89. The van der Waals surface area contributed by atoms with Crippen LogP contribution >= 0.6 is 0 Å². The van der Waals surface area contributed by atoms with E-state index in [9.17, 15) is 5.11 Å². The minimum atomic E-state index is 0.208. The van der Waals surface area contributed by atoms with E-state index in [-0.39, 0.29) is 5.75 Å². The first kappa shape index (κ1) is 8.72. The van der Waals surface area contributed by atoms with Crippen LogP contribution in [0.5, 0.6) is 11.5 Å². The van der Waals surface area contributed by atoms with Crippen molar-refractivity contribution in [1.82, 2.24) is 0 Å². The second-order valence-corrected chi connectivity index (χ2v) is 2.46. The number of hydrogen-bond acceptors (Lipinski definition) is 2. The Morgan fingerprint density at radius 1 is 1.58 bits per heavy atom. The van der Waals surface area contributed by atoms with Crippen LogP contribution in [0.2, 0.25) is 0 Å². The zero-order valence-electron chi connectivity index (χ0n) is 7.08. The summed E-state index contributed by atoms with van der Waals surface area (Å²) in [5.74, 6) is 0.717. The summed E-state index contributed by atoms with van der Waals surface area (Å²) >= 11 is 0. The van der Waals surface area contributed by atoms with Gasteiger partial charge in [-0.05, 0) is 12.5 Å². The molecule has 0 fully saturated rings. The third-order valence-electron chi connectivity index (χ3n) is 1.67. The molecule has 1 aromatic rings. The maximum atomic E-state index is 9.55. The first-order chi connectivity index (χ1) is 5.79. The Bertz CT molecular complexity index is 284. The van der Waals surface area contributed by atoms with Crippen LogP contribution in [0.4, 0.5) is 0 Å². The minimum Gasteiger partial charge on any atom is -0.565 e. The summed E-state index contributed by atoms with van der Waals surface area (Å²) in [6, 6.07) is 5.42. The van der Waals surface area contributed by atoms with Gasteiger partial charge in [0.1, 0.15) is 5.75 Å². The molecule has 0 heterocycles. The normalized spacial score (nSPS) is 9.33. The molecule has 0 unspecified atom stereocenters. The number of phenolic OH excluding ortho intramolecular Hbond substituents is 1. The van der Waals surface area contributed by atoms with Gasteiger partial charge in [0.05, 0.1) is 0 Å². The molecular formula is C9H11BO2. The van der Waals surface area contributed by atoms with Gasteiger partial charge in [-0.25, -0.2) is 0 Å². The fourth-order valence-corrected chi connectivity index (χ4v) is 1.05. The Labute approximate surface area is 72.9 Å². The van der Waals surface area contributed by atoms with Crippen molar-refractivity contribution in [1.29, 1.82) is 0 Å². The van der Waals surface area contributed by atoms with E-state index >= 15 is 0 Å². The monoisotopic (exact) mass is 162 g/mol. The standard InChI is InChI=1S/C9H11BO2/c1-2-4-7-5-3-6-8(12-10)9(7)11/h2-3,5-6,11H,1,4,10H2. The number of allylic oxidation sites excluding steroid dienone is 1. The number of hydrogen-bond donors (Lipinski definition) is 1. The van der Waals surface area contributed by atoms with Crippen LogP contribution in [0.25, 0.3) is 0 Å². The van der Waals surface area contributed by atoms with Gasteiger partial charge in [0.25, 0.3) is 0 Å². The summed E-state index contributed by atoms with van der Waals surface area (Å²) in [7, 11) is 1.53. The van der Waals surface area contributed by atoms with Crippen LogP contribution in [0.1, 0.15) is 5.56 Å². The summed E-state index contributed by atoms with van der Waals surface area (Å²) in [5.41, 5.74) is 0.837. The first-order valence-electron chi connectivity index (χ1n) is 3.75. The zero-order valence-corrected chi connectivity index (χ0v) is 7.08. The van der Waals surface area contributed by atoms with E-state index in [0.29, 0.717) is 12.2 Å². The average molecular weight is 162 g/mol. The topological polar surface area (TPSA) is 29.5 Å². The first-order valence-corrected chi connectivity index (χ1v) is 3.75. The molecular weight excluding hydrogens is 151 g/mol. The van der Waals surface area contributed by atoms with E-state index in [1.807, 2.05) is 12.1 Å². The summed E-state index contributed by atoms with van der Waals surface area (Å²) in [5, 5.41) is 9.55. The van der Waals surface area contributed by atoms with Gasteiger partial charge in [-0.2, -0.15) is 0 Å². The number of benzene rings is 1. The molecule has 1 N–H and O–H groups in total. The number of para-hydroxylation sites is 1. The minimum absolute atomic E-state index is 0.208. The van der Waals surface area contributed by atoms with Crippen molar-refractivity contribution in [3.8, 4) is 11.5 Å². The largest absolute Gasteiger partial charge is 0.565 e. The lowest BCUT2D eigenvalue weighted by atomic mass is 10.1. The van der Waals surface area contributed by atoms with E-state index in [2.05, 4.69) is 6.58 Å². The molecule has 0 aliphatic rings. The molecule has 0 aliphatic carbocycles. The lowest BCUT2D eigenvalue weighted by molar-refractivity contribution is 0.441. The second kappa shape index (κ2) is 3.86. The van der Waals surface area contributed by atoms with Crippen LogP contribution in [-0.2, 0) is 6.42 Å². The predicted molar refractivity (Wildman–Crippen MR) is 51.2 cm³/mol. The summed E-state index contributed by atoms with van der Waals surface area (Å²) in [6.45, 7) is 3.60. The highest BCUT2D eigenvalue weighted by molar-refractivity contribution is 6.00. The molecule has 12 heavy (non-hydrogen) atoms. The van der Waals surface area contributed by atoms with Gasteiger partial charge >= 0.3 is 8.05 Å². The van der Waals surface area contributed by atoms with Crippen LogP contribution in [-0.4, -0.2) is 13.2 Å². The van der Waals surface area contributed by atoms with Crippen molar-refractivity contribution in [2.75, 3.05) is 0 Å². The van der Waals surface area contributed by atoms with Gasteiger partial charge in [-0.3, -0.25) is 0 Å². The quantitative estimate of drug-likeness (QED) is 0.531. The fourth-order valence-electron chi connectivity index (χ4n) is 1.05. The van der Waals surface area contributed by atoms with E-state index in [1.54, 1.807) is 12.1 Å². The Balaban J connectivity index is 3.04. The van der Waals surface area contributed by atoms with Crippen molar-refractivity contribution in [2.24, 2.45) is 0 Å². The highest BCUT2D eigenvalue weighted by atomic mass is 16.4. The molecule has 0 radical (unpaired) electrons. The molecule has 0 aliphatic heterocycles. The maximum Gasteiger partial charge on any atom is 0.322 e. The van der Waals surface area contributed by atoms with Crippen LogP contribution in [0.3, 0.4) is 0 Å². The Morgan fingerprint density at radius 3 is 2.92 bits per heavy atom. The zero-order chi connectivity index (χ0) is 8.97. The molecule has 1 rings (SSSR count). The van der Waals surface area contributed by atoms with Crippen molar-refractivity contribution in [3.05, 3.63) is 36.4 Å². The Hall–Kier alpha value is -1.38. The molecule has 62 valence electrons. The van der Waals surface area contributed by atoms with Gasteiger partial charge < -0.3 is 9.76 Å². The molecule has 2 nitrogen and oxygen atoms in total. The van der Waals surface area contributed by atoms with Crippen molar-refractivity contribution >= 4 is 8.05 Å². The summed E-state index contributed by atoms with van der Waals surface area (Å²) in [6.07, 6.45) is 2.40. The molecule has 0 saturated carbocycles. The van der Waals surface area contributed by atoms with Gasteiger partial charge in [-0.1, -0.05) is 18.2 Å². The molecule has 0 amide bonds. The van der Waals surface area contributed by atoms with Gasteiger partial charge in [0.2, 0.25) is 0 Å². The van der Waals surface area contributed by atoms with E-state index in [1.165, 1.54) is 8.05 Å². The van der Waals surface area contributed by atoms with E-state index < -0.39 is 0 Å². The van der Waals surface area contributed by atoms with Crippen molar-refractivity contribution < 1.29 is 9.76 Å². The molecule has 0 spiro atoms. The Morgan fingerprint density at radius 2 is 2.33 bits per heavy atom. The highest BCUT2D eigenvalue weighted by Crippen LogP contribution is 2.29. The number of phenols is 1. The molecule has 0 saturated heterocycles. The molecule has 0 atom stereocenters. The van der Waals surface area contributed by atoms with Crippen molar-refractivity contribution in [2.45, 2.75) is 6.42 Å². The van der Waals surface area contributed by atoms with E-state index in [4.69, 9.17) is 4.65 Å². The fraction of sp³-hybridized carbons (Fsp3) is 0.111. The lowest BCUT2D eigenvalue weighted by Gasteiger charge is -2.06. The molecule has 0 bridgehead atoms. The third-order valence-corrected chi connectivity index (χ3v) is 1.67. The second-order valence-electron chi connectivity index (χ2n) is 2.46. The smallest absolute Gasteiger partial charge is 0.322 e. The summed E-state index contributed by atoms with van der Waals surface area (Å²) in [4.78, 5) is 0. The number of aromatic hydroxyl groups is 1. The third kappa shape index (κ3) is 1.61. The predicted octanol–water partition coefficient (Wildman–Crippen LogP) is 1.05. The van der Waals surface area contributed by atoms with Gasteiger partial charge in [0, 0.05) is 5.56 Å². The van der Waals surface area contributed by atoms with Crippen molar-refractivity contribution in [3.63, 3.8) is 0 Å². The average Bonchev–Trinajstić information content (AvgIpc) is 2.09. The van der Waals surface area contributed by atoms with E-state index in [0.717, 1.165) is 5.56 Å². The van der Waals surface area contributed by atoms with Crippen LogP contribution in [0, 0.1) is 0 Å². The molecule has 3 heteroatoms. The molecule has 1 aromatic carbocycles. The summed E-state index contributed by atoms with van der Waals surface area (Å²) < 4.78 is 4.95. The Kier molecular flexibility index (Phi) is 2.80. The molecule has 0 aromatic heterocycles. The maximum absolute atomic E-state index is 9.55. The van der Waals surface area contributed by atoms with Gasteiger partial charge in [0.15, 0.2) is 5.75 Å². The van der Waals surface area contributed by atoms with Crippen LogP contribution < -0.4 is 4.65 Å². The SMILES string of the molecule is BOc1cccc(CC=C)c1O. The number of rotatable bonds is 3. The van der Waals surface area contributed by atoms with Gasteiger partial charge in [-0.15, -0.1) is 6.58 Å². The highest BCUT2D eigenvalue weighted by Gasteiger charge is 2.03.